The minimum atomic E-state index is -0.780. The summed E-state index contributed by atoms with van der Waals surface area (Å²) in [5, 5.41) is 3.09. The SMILES string of the molecule is COc1ccc(C2c3sc(=O)n(CC(=O)Nc4cccc(C)c4)c3SC3C(=O)N(c4ccc(Cl)cc4)C(=O)C32)cc1. The molecule has 3 heterocycles. The molecule has 6 rings (SSSR count). The van der Waals surface area contributed by atoms with E-state index in [0.29, 0.717) is 32.1 Å². The Bertz CT molecular complexity index is 1730. The van der Waals surface area contributed by atoms with Crippen LogP contribution in [-0.2, 0) is 20.9 Å². The topological polar surface area (TPSA) is 97.7 Å². The number of ether oxygens (including phenoxy) is 1. The van der Waals surface area contributed by atoms with Crippen LogP contribution in [0.15, 0.2) is 82.6 Å². The van der Waals surface area contributed by atoms with E-state index in [-0.39, 0.29) is 29.1 Å². The number of hydrogen-bond donors (Lipinski definition) is 1. The smallest absolute Gasteiger partial charge is 0.308 e. The van der Waals surface area contributed by atoms with Crippen molar-refractivity contribution in [3.05, 3.63) is 103 Å². The van der Waals surface area contributed by atoms with E-state index in [1.165, 1.54) is 21.2 Å². The summed E-state index contributed by atoms with van der Waals surface area (Å²) in [7, 11) is 1.57. The molecular formula is C30H24ClN3O5S2. The number of benzene rings is 3. The molecule has 0 bridgehead atoms. The molecule has 0 aliphatic carbocycles. The van der Waals surface area contributed by atoms with Crippen molar-refractivity contribution >= 4 is 63.8 Å². The zero-order valence-electron chi connectivity index (χ0n) is 22.0. The fourth-order valence-electron chi connectivity index (χ4n) is 5.34. The van der Waals surface area contributed by atoms with Crippen LogP contribution in [0.4, 0.5) is 11.4 Å². The molecule has 0 spiro atoms. The normalized spacial score (nSPS) is 19.6. The van der Waals surface area contributed by atoms with E-state index in [0.717, 1.165) is 22.5 Å². The number of thioether (sulfide) groups is 1. The first-order chi connectivity index (χ1) is 19.7. The van der Waals surface area contributed by atoms with Crippen molar-refractivity contribution in [1.82, 2.24) is 4.57 Å². The monoisotopic (exact) mass is 605 g/mol. The highest BCUT2D eigenvalue weighted by Crippen LogP contribution is 2.54. The Kier molecular flexibility index (Phi) is 7.23. The Morgan fingerprint density at radius 3 is 2.41 bits per heavy atom. The molecule has 3 unspecified atom stereocenters. The summed E-state index contributed by atoms with van der Waals surface area (Å²) >= 11 is 8.24. The van der Waals surface area contributed by atoms with Crippen molar-refractivity contribution in [2.24, 2.45) is 5.92 Å². The van der Waals surface area contributed by atoms with E-state index in [4.69, 9.17) is 16.3 Å². The van der Waals surface area contributed by atoms with Gasteiger partial charge in [-0.15, -0.1) is 0 Å². The van der Waals surface area contributed by atoms with Crippen LogP contribution >= 0.6 is 34.7 Å². The van der Waals surface area contributed by atoms with Gasteiger partial charge in [0.05, 0.1) is 23.7 Å². The number of halogens is 1. The van der Waals surface area contributed by atoms with Crippen LogP contribution in [0, 0.1) is 12.8 Å². The predicted octanol–water partition coefficient (Wildman–Crippen LogP) is 5.31. The molecule has 11 heteroatoms. The van der Waals surface area contributed by atoms with Crippen LogP contribution in [0.5, 0.6) is 5.75 Å². The van der Waals surface area contributed by atoms with Crippen LogP contribution in [0.3, 0.4) is 0 Å². The van der Waals surface area contributed by atoms with Crippen LogP contribution in [-0.4, -0.2) is 34.6 Å². The van der Waals surface area contributed by atoms with Crippen molar-refractivity contribution in [3.63, 3.8) is 0 Å². The predicted molar refractivity (Wildman–Crippen MR) is 160 cm³/mol. The van der Waals surface area contributed by atoms with Crippen molar-refractivity contribution < 1.29 is 19.1 Å². The molecule has 1 fully saturated rings. The number of aryl methyl sites for hydroxylation is 1. The number of fused-ring (bicyclic) bond motifs is 2. The molecule has 2 aliphatic rings. The van der Waals surface area contributed by atoms with E-state index < -0.39 is 17.1 Å². The maximum atomic E-state index is 13.9. The second-order valence-electron chi connectivity index (χ2n) is 9.84. The van der Waals surface area contributed by atoms with Crippen LogP contribution in [0.1, 0.15) is 21.9 Å². The van der Waals surface area contributed by atoms with E-state index in [1.54, 1.807) is 49.6 Å². The third-order valence-corrected chi connectivity index (χ3v) is 10.1. The second-order valence-corrected chi connectivity index (χ2v) is 12.4. The van der Waals surface area contributed by atoms with Gasteiger partial charge < -0.3 is 10.1 Å². The standard InChI is InChI=1S/C30H24ClN3O5S2/c1-16-4-3-5-19(14-16)32-22(35)15-33-29-26(41-30(33)38)23(17-6-12-21(39-2)13-7-17)24-25(40-29)28(37)34(27(24)36)20-10-8-18(31)9-11-20/h3-14,23-25H,15H2,1-2H3,(H,32,35). The third kappa shape index (κ3) is 4.96. The zero-order chi connectivity index (χ0) is 28.8. The van der Waals surface area contributed by atoms with Gasteiger partial charge in [-0.1, -0.05) is 59.0 Å². The molecule has 0 saturated carbocycles. The van der Waals surface area contributed by atoms with Crippen molar-refractivity contribution in [3.8, 4) is 5.75 Å². The highest BCUT2D eigenvalue weighted by Gasteiger charge is 2.56. The van der Waals surface area contributed by atoms with E-state index in [9.17, 15) is 19.2 Å². The number of nitrogens with zero attached hydrogens (tertiary/aromatic N) is 2. The number of methoxy groups -OCH3 is 1. The fourth-order valence-corrected chi connectivity index (χ4v) is 8.24. The number of nitrogens with one attached hydrogen (secondary N) is 1. The minimum Gasteiger partial charge on any atom is -0.497 e. The van der Waals surface area contributed by atoms with Gasteiger partial charge in [0.2, 0.25) is 17.7 Å². The lowest BCUT2D eigenvalue weighted by Crippen LogP contribution is -2.33. The number of amides is 3. The summed E-state index contributed by atoms with van der Waals surface area (Å²) in [6, 6.07) is 21.2. The van der Waals surface area contributed by atoms with Gasteiger partial charge in [-0.3, -0.25) is 23.7 Å². The Balaban J connectivity index is 1.41. The van der Waals surface area contributed by atoms with Gasteiger partial charge >= 0.3 is 4.87 Å². The molecule has 8 nitrogen and oxygen atoms in total. The molecule has 1 saturated heterocycles. The molecule has 41 heavy (non-hydrogen) atoms. The number of thiazole rings is 1. The average Bonchev–Trinajstić information content (AvgIpc) is 3.40. The van der Waals surface area contributed by atoms with Gasteiger partial charge in [0, 0.05) is 21.5 Å². The van der Waals surface area contributed by atoms with Crippen molar-refractivity contribution in [2.75, 3.05) is 17.3 Å². The molecular weight excluding hydrogens is 582 g/mol. The van der Waals surface area contributed by atoms with Crippen LogP contribution in [0.25, 0.3) is 0 Å². The first-order valence-corrected chi connectivity index (χ1v) is 14.9. The molecule has 3 aromatic carbocycles. The number of carbonyl (C=O) groups excluding carboxylic acids is 3. The molecule has 208 valence electrons. The van der Waals surface area contributed by atoms with Gasteiger partial charge in [-0.05, 0) is 66.6 Å². The van der Waals surface area contributed by atoms with Gasteiger partial charge in [-0.2, -0.15) is 0 Å². The van der Waals surface area contributed by atoms with Crippen LogP contribution in [0.2, 0.25) is 5.02 Å². The lowest BCUT2D eigenvalue weighted by Gasteiger charge is -2.30. The van der Waals surface area contributed by atoms with Gasteiger partial charge in [0.25, 0.3) is 0 Å². The summed E-state index contributed by atoms with van der Waals surface area (Å²) in [4.78, 5) is 55.6. The summed E-state index contributed by atoms with van der Waals surface area (Å²) < 4.78 is 6.73. The zero-order valence-corrected chi connectivity index (χ0v) is 24.4. The fraction of sp³-hybridized carbons (Fsp3) is 0.200. The van der Waals surface area contributed by atoms with Crippen LogP contribution < -0.4 is 19.8 Å². The van der Waals surface area contributed by atoms with Crippen molar-refractivity contribution in [1.29, 1.82) is 0 Å². The van der Waals surface area contributed by atoms with E-state index in [2.05, 4.69) is 5.32 Å². The highest BCUT2D eigenvalue weighted by molar-refractivity contribution is 8.00. The Morgan fingerprint density at radius 1 is 1.00 bits per heavy atom. The largest absolute Gasteiger partial charge is 0.497 e. The second kappa shape index (κ2) is 10.8. The number of imide groups is 1. The minimum absolute atomic E-state index is 0.221. The van der Waals surface area contributed by atoms with E-state index in [1.807, 2.05) is 37.3 Å². The molecule has 2 aliphatic heterocycles. The van der Waals surface area contributed by atoms with Gasteiger partial charge in [0.15, 0.2) is 0 Å². The summed E-state index contributed by atoms with van der Waals surface area (Å²) in [6.07, 6.45) is 0. The maximum absolute atomic E-state index is 13.9. The lowest BCUT2D eigenvalue weighted by molar-refractivity contribution is -0.122. The average molecular weight is 606 g/mol. The first kappa shape index (κ1) is 27.3. The Labute approximate surface area is 248 Å². The summed E-state index contributed by atoms with van der Waals surface area (Å²) in [5.41, 5.74) is 2.84. The van der Waals surface area contributed by atoms with Gasteiger partial charge in [-0.25, -0.2) is 4.90 Å². The number of aromatic nitrogens is 1. The lowest BCUT2D eigenvalue weighted by atomic mass is 9.83. The summed E-state index contributed by atoms with van der Waals surface area (Å²) in [6.45, 7) is 1.70. The van der Waals surface area contributed by atoms with Crippen molar-refractivity contribution in [2.45, 2.75) is 29.7 Å². The molecule has 4 aromatic rings. The molecule has 0 radical (unpaired) electrons. The third-order valence-electron chi connectivity index (χ3n) is 7.21. The quantitative estimate of drug-likeness (QED) is 0.299. The van der Waals surface area contributed by atoms with Gasteiger partial charge in [0.1, 0.15) is 17.5 Å². The molecule has 3 atom stereocenters. The summed E-state index contributed by atoms with van der Waals surface area (Å²) in [5.74, 6) is -1.73. The molecule has 3 amide bonds. The maximum Gasteiger partial charge on any atom is 0.308 e. The Hall–Kier alpha value is -3.86. The number of carbonyl (C=O) groups is 3. The number of hydrogen-bond acceptors (Lipinski definition) is 7. The molecule has 1 N–H and O–H groups in total. The highest BCUT2D eigenvalue weighted by atomic mass is 35.5. The first-order valence-electron chi connectivity index (χ1n) is 12.8. The number of rotatable bonds is 6. The Morgan fingerprint density at radius 2 is 1.73 bits per heavy atom. The van der Waals surface area contributed by atoms with E-state index >= 15 is 0 Å². The molecule has 1 aromatic heterocycles. The number of anilines is 2.